The second-order valence-corrected chi connectivity index (χ2v) is 7.81. The van der Waals surface area contributed by atoms with Crippen LogP contribution in [0.3, 0.4) is 0 Å². The minimum Gasteiger partial charge on any atom is -0.423 e. The van der Waals surface area contributed by atoms with Crippen molar-refractivity contribution in [2.24, 2.45) is 7.05 Å². The third kappa shape index (κ3) is 2.89. The molecule has 0 radical (unpaired) electrons. The molecule has 5 rings (SSSR count). The van der Waals surface area contributed by atoms with Crippen LogP contribution >= 0.6 is 15.9 Å². The van der Waals surface area contributed by atoms with Crippen molar-refractivity contribution in [1.82, 2.24) is 18.5 Å². The smallest absolute Gasteiger partial charge is 0.332 e. The summed E-state index contributed by atoms with van der Waals surface area (Å²) in [5.74, 6) is 0.260. The highest BCUT2D eigenvalue weighted by Gasteiger charge is 2.20. The molecule has 0 aliphatic rings. The van der Waals surface area contributed by atoms with Gasteiger partial charge >= 0.3 is 11.5 Å². The number of imidazole rings is 1. The van der Waals surface area contributed by atoms with Crippen LogP contribution in [0.15, 0.2) is 73.2 Å². The van der Waals surface area contributed by atoms with Crippen LogP contribution in [-0.2, 0) is 13.6 Å². The number of hydrogen-bond donors (Lipinski definition) is 0. The molecule has 0 aliphatic carbocycles. The van der Waals surface area contributed by atoms with Crippen LogP contribution in [0.25, 0.3) is 28.3 Å². The van der Waals surface area contributed by atoms with E-state index in [9.17, 15) is 14.0 Å². The summed E-state index contributed by atoms with van der Waals surface area (Å²) in [4.78, 5) is 30.3. The zero-order chi connectivity index (χ0) is 21.0. The monoisotopic (exact) mass is 468 g/mol. The Morgan fingerprint density at radius 1 is 1.07 bits per heavy atom. The van der Waals surface area contributed by atoms with Crippen molar-refractivity contribution in [2.45, 2.75) is 6.54 Å². The quantitative estimate of drug-likeness (QED) is 0.405. The Morgan fingerprint density at radius 2 is 1.77 bits per heavy atom. The van der Waals surface area contributed by atoms with Crippen molar-refractivity contribution in [1.29, 1.82) is 0 Å². The van der Waals surface area contributed by atoms with E-state index < -0.39 is 11.2 Å². The molecule has 0 saturated carbocycles. The Morgan fingerprint density at radius 3 is 2.47 bits per heavy atom. The molecule has 30 heavy (non-hydrogen) atoms. The summed E-state index contributed by atoms with van der Waals surface area (Å²) in [5, 5.41) is 0. The molecule has 3 heterocycles. The fourth-order valence-corrected chi connectivity index (χ4v) is 3.68. The molecule has 0 saturated heterocycles. The fraction of sp³-hybridized carbons (Fsp3) is 0.0952. The average molecular weight is 469 g/mol. The molecule has 9 heteroatoms. The van der Waals surface area contributed by atoms with Gasteiger partial charge in [-0.05, 0) is 42.0 Å². The zero-order valence-corrected chi connectivity index (χ0v) is 17.3. The predicted octanol–water partition coefficient (Wildman–Crippen LogP) is 3.56. The lowest BCUT2D eigenvalue weighted by Crippen LogP contribution is -2.39. The van der Waals surface area contributed by atoms with Crippen molar-refractivity contribution in [3.63, 3.8) is 0 Å². The third-order valence-corrected chi connectivity index (χ3v) is 5.50. The number of halogens is 2. The van der Waals surface area contributed by atoms with Crippen LogP contribution in [0.5, 0.6) is 0 Å². The molecular formula is C21H14BrFN4O3. The fourth-order valence-electron chi connectivity index (χ4n) is 3.41. The van der Waals surface area contributed by atoms with E-state index in [1.807, 2.05) is 24.3 Å². The van der Waals surface area contributed by atoms with Gasteiger partial charge in [0.15, 0.2) is 16.9 Å². The van der Waals surface area contributed by atoms with Gasteiger partial charge in [0.1, 0.15) is 5.82 Å². The number of benzene rings is 2. The molecule has 0 aliphatic heterocycles. The second kappa shape index (κ2) is 6.81. The van der Waals surface area contributed by atoms with Crippen molar-refractivity contribution in [2.75, 3.05) is 0 Å². The first-order chi connectivity index (χ1) is 14.4. The van der Waals surface area contributed by atoms with Crippen LogP contribution in [0.1, 0.15) is 5.56 Å². The minimum atomic E-state index is -0.463. The van der Waals surface area contributed by atoms with Gasteiger partial charge in [0.2, 0.25) is 0 Å². The van der Waals surface area contributed by atoms with Gasteiger partial charge in [-0.15, -0.1) is 0 Å². The number of aryl methyl sites for hydroxylation is 1. The summed E-state index contributed by atoms with van der Waals surface area (Å²) >= 11 is 3.37. The Bertz CT molecular complexity index is 1530. The molecule has 0 fully saturated rings. The van der Waals surface area contributed by atoms with Crippen LogP contribution in [-0.4, -0.2) is 18.5 Å². The number of hydrogen-bond acceptors (Lipinski definition) is 4. The highest BCUT2D eigenvalue weighted by atomic mass is 79.9. The van der Waals surface area contributed by atoms with Crippen molar-refractivity contribution in [3.05, 3.63) is 91.4 Å². The van der Waals surface area contributed by atoms with E-state index in [0.29, 0.717) is 11.3 Å². The summed E-state index contributed by atoms with van der Waals surface area (Å²) in [6.45, 7) is 0.130. The van der Waals surface area contributed by atoms with Gasteiger partial charge in [-0.2, -0.15) is 4.98 Å². The van der Waals surface area contributed by atoms with Gasteiger partial charge in [0, 0.05) is 17.1 Å². The number of oxazole rings is 1. The van der Waals surface area contributed by atoms with E-state index in [4.69, 9.17) is 4.42 Å². The summed E-state index contributed by atoms with van der Waals surface area (Å²) in [5.41, 5.74) is 1.01. The lowest BCUT2D eigenvalue weighted by Gasteiger charge is -2.08. The molecular weight excluding hydrogens is 455 g/mol. The molecule has 5 aromatic rings. The highest BCUT2D eigenvalue weighted by Crippen LogP contribution is 2.24. The topological polar surface area (TPSA) is 74.4 Å². The van der Waals surface area contributed by atoms with Gasteiger partial charge in [0.25, 0.3) is 5.56 Å². The molecule has 2 aromatic carbocycles. The number of rotatable bonds is 3. The second-order valence-electron chi connectivity index (χ2n) is 6.90. The molecule has 0 bridgehead atoms. The lowest BCUT2D eigenvalue weighted by molar-refractivity contribution is 0.608. The summed E-state index contributed by atoms with van der Waals surface area (Å²) in [6, 6.07) is 13.2. The largest absolute Gasteiger partial charge is 0.423 e. The molecule has 0 amide bonds. The Balaban J connectivity index is 1.71. The normalized spacial score (nSPS) is 11.6. The van der Waals surface area contributed by atoms with Gasteiger partial charge in [0.05, 0.1) is 12.7 Å². The maximum atomic E-state index is 13.2. The lowest BCUT2D eigenvalue weighted by atomic mass is 10.2. The van der Waals surface area contributed by atoms with Gasteiger partial charge < -0.3 is 4.42 Å². The molecule has 150 valence electrons. The zero-order valence-electron chi connectivity index (χ0n) is 15.7. The van der Waals surface area contributed by atoms with E-state index in [1.54, 1.807) is 25.4 Å². The van der Waals surface area contributed by atoms with Crippen LogP contribution < -0.4 is 11.2 Å². The molecule has 0 N–H and O–H groups in total. The van der Waals surface area contributed by atoms with E-state index in [2.05, 4.69) is 20.9 Å². The average Bonchev–Trinajstić information content (AvgIpc) is 3.30. The van der Waals surface area contributed by atoms with Crippen LogP contribution in [0, 0.1) is 5.82 Å². The van der Waals surface area contributed by atoms with E-state index in [-0.39, 0.29) is 29.4 Å². The van der Waals surface area contributed by atoms with Gasteiger partial charge in [-0.3, -0.25) is 18.3 Å². The maximum absolute atomic E-state index is 13.2. The first kappa shape index (κ1) is 18.6. The van der Waals surface area contributed by atoms with Gasteiger partial charge in [-0.25, -0.2) is 9.18 Å². The van der Waals surface area contributed by atoms with Gasteiger partial charge in [-0.1, -0.05) is 28.1 Å². The summed E-state index contributed by atoms with van der Waals surface area (Å²) in [6.07, 6.45) is 1.62. The Kier molecular flexibility index (Phi) is 4.21. The molecule has 7 nitrogen and oxygen atoms in total. The maximum Gasteiger partial charge on any atom is 0.332 e. The first-order valence-electron chi connectivity index (χ1n) is 9.04. The Labute approximate surface area is 176 Å². The minimum absolute atomic E-state index is 0.130. The highest BCUT2D eigenvalue weighted by molar-refractivity contribution is 9.10. The van der Waals surface area contributed by atoms with Crippen LogP contribution in [0.2, 0.25) is 0 Å². The molecule has 0 spiro atoms. The number of aromatic nitrogens is 4. The first-order valence-corrected chi connectivity index (χ1v) is 9.83. The summed E-state index contributed by atoms with van der Waals surface area (Å²) < 4.78 is 23.9. The SMILES string of the molecule is Cn1c(=O)n(Cc2ccc(Br)cc2)c(=O)c2c1nc1oc(-c3ccc(F)cc3)cn12. The predicted molar refractivity (Wildman–Crippen MR) is 113 cm³/mol. The number of nitrogens with zero attached hydrogens (tertiary/aromatic N) is 4. The molecule has 3 aromatic heterocycles. The number of fused-ring (bicyclic) bond motifs is 3. The summed E-state index contributed by atoms with van der Waals surface area (Å²) in [7, 11) is 1.56. The van der Waals surface area contributed by atoms with E-state index in [0.717, 1.165) is 10.0 Å². The third-order valence-electron chi connectivity index (χ3n) is 4.97. The van der Waals surface area contributed by atoms with E-state index >= 15 is 0 Å². The standard InChI is InChI=1S/C21H14BrFN4O3/c1-25-18-17(19(28)27(21(25)29)10-12-2-6-14(22)7-3-12)26-11-16(30-20(26)24-18)13-4-8-15(23)9-5-13/h2-9,11H,10H2,1H3. The van der Waals surface area contributed by atoms with Crippen LogP contribution in [0.4, 0.5) is 4.39 Å². The van der Waals surface area contributed by atoms with E-state index in [1.165, 1.54) is 25.7 Å². The molecule has 0 unspecified atom stereocenters. The van der Waals surface area contributed by atoms with Crippen molar-refractivity contribution < 1.29 is 8.81 Å². The van der Waals surface area contributed by atoms with Crippen molar-refractivity contribution >= 4 is 32.9 Å². The Hall–Kier alpha value is -3.46. The molecule has 0 atom stereocenters. The van der Waals surface area contributed by atoms with Crippen molar-refractivity contribution in [3.8, 4) is 11.3 Å².